The van der Waals surface area contributed by atoms with Gasteiger partial charge in [-0.1, -0.05) is 44.2 Å². The van der Waals surface area contributed by atoms with Gasteiger partial charge in [0.1, 0.15) is 11.3 Å². The molecule has 7 nitrogen and oxygen atoms in total. The molecule has 3 aromatic rings. The van der Waals surface area contributed by atoms with Gasteiger partial charge in [-0.3, -0.25) is 4.84 Å². The second-order valence-electron chi connectivity index (χ2n) is 9.60. The smallest absolute Gasteiger partial charge is 0.421 e. The van der Waals surface area contributed by atoms with Crippen LogP contribution in [-0.2, 0) is 11.0 Å². The number of aryl methyl sites for hydroxylation is 2. The molecule has 1 N–H and O–H groups in total. The van der Waals surface area contributed by atoms with E-state index >= 15 is 0 Å². The molecule has 2 heterocycles. The molecule has 0 amide bonds. The van der Waals surface area contributed by atoms with Crippen LogP contribution >= 0.6 is 0 Å². The van der Waals surface area contributed by atoms with Crippen LogP contribution < -0.4 is 15.1 Å². The molecule has 2 aromatic carbocycles. The van der Waals surface area contributed by atoms with Crippen LogP contribution in [0, 0.1) is 13.8 Å². The van der Waals surface area contributed by atoms with Crippen LogP contribution in [0.5, 0.6) is 5.75 Å². The summed E-state index contributed by atoms with van der Waals surface area (Å²) in [6.07, 6.45) is -2.37. The largest absolute Gasteiger partial charge is 0.493 e. The fourth-order valence-electron chi connectivity index (χ4n) is 4.84. The van der Waals surface area contributed by atoms with Crippen LogP contribution in [0.1, 0.15) is 55.0 Å². The Bertz CT molecular complexity index is 1210. The highest BCUT2D eigenvalue weighted by atomic mass is 19.4. The lowest BCUT2D eigenvalue weighted by atomic mass is 10.0. The second-order valence-corrected chi connectivity index (χ2v) is 9.60. The summed E-state index contributed by atoms with van der Waals surface area (Å²) in [7, 11) is 0. The Balaban J connectivity index is 1.54. The van der Waals surface area contributed by atoms with Crippen molar-refractivity contribution in [2.24, 2.45) is 0 Å². The molecule has 4 rings (SSSR count). The van der Waals surface area contributed by atoms with Gasteiger partial charge in [0.25, 0.3) is 0 Å². The van der Waals surface area contributed by atoms with Crippen molar-refractivity contribution in [2.45, 2.75) is 52.8 Å². The van der Waals surface area contributed by atoms with E-state index in [1.807, 2.05) is 56.3 Å². The minimum Gasteiger partial charge on any atom is -0.493 e. The maximum Gasteiger partial charge on any atom is 0.421 e. The quantitative estimate of drug-likeness (QED) is 0.265. The predicted octanol–water partition coefficient (Wildman–Crippen LogP) is 6.85. The number of hydrogen-bond donors (Lipinski definition) is 1. The van der Waals surface area contributed by atoms with Crippen molar-refractivity contribution in [2.75, 3.05) is 43.2 Å². The maximum absolute atomic E-state index is 14.0. The summed E-state index contributed by atoms with van der Waals surface area (Å²) in [5.41, 5.74) is 2.40. The number of hydrogen-bond acceptors (Lipinski definition) is 7. The van der Waals surface area contributed by atoms with E-state index in [1.54, 1.807) is 0 Å². The average Bonchev–Trinajstić information content (AvgIpc) is 3.40. The molecule has 210 valence electrons. The second kappa shape index (κ2) is 12.7. The zero-order chi connectivity index (χ0) is 28.0. The normalized spacial score (nSPS) is 15.7. The van der Waals surface area contributed by atoms with E-state index in [0.717, 1.165) is 54.7 Å². The molecule has 1 fully saturated rings. The van der Waals surface area contributed by atoms with Gasteiger partial charge in [0.2, 0.25) is 5.95 Å². The number of halogens is 3. The summed E-state index contributed by atoms with van der Waals surface area (Å²) in [5.74, 6) is 0.547. The first-order valence-electron chi connectivity index (χ1n) is 13.4. The van der Waals surface area contributed by atoms with E-state index < -0.39 is 17.8 Å². The van der Waals surface area contributed by atoms with E-state index in [9.17, 15) is 13.2 Å². The first-order chi connectivity index (χ1) is 18.7. The summed E-state index contributed by atoms with van der Waals surface area (Å²) >= 11 is 0. The third-order valence-electron chi connectivity index (χ3n) is 6.85. The summed E-state index contributed by atoms with van der Waals surface area (Å²) < 4.78 is 47.9. The lowest BCUT2D eigenvalue weighted by Crippen LogP contribution is -2.26. The third kappa shape index (κ3) is 6.99. The lowest BCUT2D eigenvalue weighted by Gasteiger charge is -2.26. The summed E-state index contributed by atoms with van der Waals surface area (Å²) in [6, 6.07) is 12.7. The maximum atomic E-state index is 14.0. The summed E-state index contributed by atoms with van der Waals surface area (Å²) in [6.45, 7) is 12.1. The number of alkyl halides is 3. The molecule has 1 atom stereocenters. The van der Waals surface area contributed by atoms with E-state index in [2.05, 4.69) is 34.0 Å². The zero-order valence-corrected chi connectivity index (χ0v) is 22.9. The van der Waals surface area contributed by atoms with Gasteiger partial charge >= 0.3 is 6.18 Å². The Hall–Kier alpha value is -3.37. The number of rotatable bonds is 11. The number of anilines is 3. The van der Waals surface area contributed by atoms with E-state index in [-0.39, 0.29) is 11.8 Å². The van der Waals surface area contributed by atoms with Gasteiger partial charge in [-0.05, 0) is 62.2 Å². The molecule has 39 heavy (non-hydrogen) atoms. The first-order valence-corrected chi connectivity index (χ1v) is 13.4. The lowest BCUT2D eigenvalue weighted by molar-refractivity contribution is -0.138. The molecule has 10 heteroatoms. The molecular weight excluding hydrogens is 507 g/mol. The molecule has 0 saturated carbocycles. The van der Waals surface area contributed by atoms with Gasteiger partial charge < -0.3 is 15.0 Å². The Kier molecular flexibility index (Phi) is 9.29. The monoisotopic (exact) mass is 543 g/mol. The molecule has 1 aliphatic heterocycles. The molecule has 0 aliphatic carbocycles. The molecule has 1 saturated heterocycles. The van der Waals surface area contributed by atoms with Gasteiger partial charge in [0.15, 0.2) is 5.82 Å². The van der Waals surface area contributed by atoms with Crippen molar-refractivity contribution in [3.05, 3.63) is 70.9 Å². The zero-order valence-electron chi connectivity index (χ0n) is 22.9. The number of ether oxygens (including phenoxy) is 1. The molecule has 0 radical (unpaired) electrons. The summed E-state index contributed by atoms with van der Waals surface area (Å²) in [5, 5.41) is 4.33. The van der Waals surface area contributed by atoms with Crippen LogP contribution in [-0.4, -0.2) is 47.7 Å². The molecule has 1 aromatic heterocycles. The van der Waals surface area contributed by atoms with Crippen molar-refractivity contribution >= 4 is 17.5 Å². The van der Waals surface area contributed by atoms with Gasteiger partial charge in [-0.15, -0.1) is 0 Å². The van der Waals surface area contributed by atoms with Crippen LogP contribution in [0.3, 0.4) is 0 Å². The predicted molar refractivity (Wildman–Crippen MR) is 146 cm³/mol. The van der Waals surface area contributed by atoms with Gasteiger partial charge in [-0.25, -0.2) is 10.0 Å². The molecular formula is C29H36F3N5O2. The molecule has 0 spiro atoms. The number of benzene rings is 2. The van der Waals surface area contributed by atoms with Crippen molar-refractivity contribution in [3.63, 3.8) is 0 Å². The highest BCUT2D eigenvalue weighted by Gasteiger charge is 2.40. The van der Waals surface area contributed by atoms with Gasteiger partial charge in [-0.2, -0.15) is 18.2 Å². The fraction of sp³-hybridized carbons (Fsp3) is 0.448. The minimum absolute atomic E-state index is 0.0482. The van der Waals surface area contributed by atoms with Gasteiger partial charge in [0.05, 0.1) is 19.3 Å². The minimum atomic E-state index is -4.64. The SMILES string of the molecule is CCN(CC)CCCOc1c(C)cc(Nc2ncc(C(F)(F)F)c(N3OCC[C@@H]3c3ccccc3)n2)cc1C. The topological polar surface area (TPSA) is 62.8 Å². The Morgan fingerprint density at radius 3 is 2.44 bits per heavy atom. The van der Waals surface area contributed by atoms with Crippen molar-refractivity contribution in [1.29, 1.82) is 0 Å². The van der Waals surface area contributed by atoms with E-state index in [1.165, 1.54) is 5.06 Å². The highest BCUT2D eigenvalue weighted by Crippen LogP contribution is 2.41. The number of nitrogens with zero attached hydrogens (tertiary/aromatic N) is 4. The summed E-state index contributed by atoms with van der Waals surface area (Å²) in [4.78, 5) is 16.3. The van der Waals surface area contributed by atoms with Crippen LogP contribution in [0.25, 0.3) is 0 Å². The van der Waals surface area contributed by atoms with Crippen molar-refractivity contribution in [3.8, 4) is 5.75 Å². The van der Waals surface area contributed by atoms with Crippen molar-refractivity contribution in [1.82, 2.24) is 14.9 Å². The highest BCUT2D eigenvalue weighted by molar-refractivity contribution is 5.62. The molecule has 1 aliphatic rings. The Morgan fingerprint density at radius 2 is 1.79 bits per heavy atom. The first kappa shape index (κ1) is 28.6. The van der Waals surface area contributed by atoms with Crippen molar-refractivity contribution < 1.29 is 22.7 Å². The van der Waals surface area contributed by atoms with Gasteiger partial charge in [0, 0.05) is 24.8 Å². The number of hydroxylamine groups is 1. The van der Waals surface area contributed by atoms with E-state index in [4.69, 9.17) is 9.57 Å². The van der Waals surface area contributed by atoms with E-state index in [0.29, 0.717) is 25.3 Å². The average molecular weight is 544 g/mol. The fourth-order valence-corrected chi connectivity index (χ4v) is 4.84. The molecule has 0 unspecified atom stereocenters. The number of nitrogens with one attached hydrogen (secondary N) is 1. The number of aromatic nitrogens is 2. The van der Waals surface area contributed by atoms with Crippen LogP contribution in [0.4, 0.5) is 30.6 Å². The Labute approximate surface area is 227 Å². The standard InChI is InChI=1S/C29H36F3N5O2/c1-5-36(6-2)14-10-15-38-26-20(3)17-23(18-21(26)4)34-28-33-19-24(29(30,31)32)27(35-28)37-25(13-16-39-37)22-11-8-7-9-12-22/h7-9,11-12,17-19,25H,5-6,10,13-16H2,1-4H3,(H,33,34,35)/t25-/m1/s1. The Morgan fingerprint density at radius 1 is 1.10 bits per heavy atom. The van der Waals surface area contributed by atoms with Crippen LogP contribution in [0.2, 0.25) is 0 Å². The third-order valence-corrected chi connectivity index (χ3v) is 6.85. The van der Waals surface area contributed by atoms with Crippen LogP contribution in [0.15, 0.2) is 48.7 Å². The molecule has 0 bridgehead atoms.